The Bertz CT molecular complexity index is 657. The Morgan fingerprint density at radius 1 is 0.967 bits per heavy atom. The second kappa shape index (κ2) is 8.15. The van der Waals surface area contributed by atoms with Gasteiger partial charge in [0.1, 0.15) is 0 Å². The minimum absolute atomic E-state index is 0. The van der Waals surface area contributed by atoms with Crippen LogP contribution in [0.15, 0.2) is 11.8 Å². The zero-order chi connectivity index (χ0) is 20.9. The van der Waals surface area contributed by atoms with E-state index in [4.69, 9.17) is 0 Å². The van der Waals surface area contributed by atoms with Gasteiger partial charge in [-0.2, -0.15) is 0 Å². The van der Waals surface area contributed by atoms with Crippen molar-refractivity contribution in [2.45, 2.75) is 111 Å². The van der Waals surface area contributed by atoms with E-state index in [1.54, 1.807) is 44.2 Å². The lowest BCUT2D eigenvalue weighted by molar-refractivity contribution is -0.0801. The minimum atomic E-state index is 0. The molecule has 0 radical (unpaired) electrons. The van der Waals surface area contributed by atoms with E-state index in [1.807, 2.05) is 0 Å². The molecular weight excluding hydrogens is 362 g/mol. The summed E-state index contributed by atoms with van der Waals surface area (Å²) in [5.41, 5.74) is 2.95. The Kier molecular flexibility index (Phi) is 5.81. The maximum Gasteiger partial charge on any atom is 0.0208 e. The van der Waals surface area contributed by atoms with Gasteiger partial charge in [-0.25, -0.2) is 0 Å². The van der Waals surface area contributed by atoms with Gasteiger partial charge in [0, 0.05) is 20.2 Å². The lowest BCUT2D eigenvalue weighted by Gasteiger charge is -2.57. The maximum absolute atomic E-state index is 2.80. The van der Waals surface area contributed by atoms with E-state index in [-0.39, 0.29) is 1.43 Å². The number of allylic oxidation sites excluding steroid dienone is 2. The second-order valence-corrected chi connectivity index (χ2v) is 12.8. The molecule has 1 saturated heterocycles. The molecule has 4 aliphatic carbocycles. The van der Waals surface area contributed by atoms with Crippen LogP contribution in [0.5, 0.6) is 0 Å². The van der Waals surface area contributed by atoms with Gasteiger partial charge in [-0.3, -0.25) is 0 Å². The third-order valence-electron chi connectivity index (χ3n) is 11.7. The van der Waals surface area contributed by atoms with Crippen molar-refractivity contribution in [1.29, 1.82) is 0 Å². The minimum Gasteiger partial charge on any atom is -0.375 e. The average molecular weight is 414 g/mol. The standard InChI is InChI=1S/C29H49N.H2/c1-5-23-9-7-8-18-30(23)20-22-11-13-27-26-12-10-21-19-28(3,6-2)16-14-24(21)25(26)15-17-29(22,27)4;/h5,21-22,24-27H,6-20H2,1-4H3;1H/b23-5+;/t21?,22-,24+,25-,26?,27?,28-,29-;/m1./s1. The number of hydrogen-bond acceptors (Lipinski definition) is 1. The zero-order valence-corrected chi connectivity index (χ0v) is 20.6. The van der Waals surface area contributed by atoms with Gasteiger partial charge in [-0.1, -0.05) is 33.3 Å². The number of nitrogens with zero attached hydrogens (tertiary/aromatic N) is 1. The predicted octanol–water partition coefficient (Wildman–Crippen LogP) is 8.31. The van der Waals surface area contributed by atoms with Crippen LogP contribution in [-0.2, 0) is 0 Å². The molecule has 1 heterocycles. The van der Waals surface area contributed by atoms with Gasteiger partial charge in [-0.05, 0) is 130 Å². The molecule has 0 bridgehead atoms. The van der Waals surface area contributed by atoms with Crippen molar-refractivity contribution in [3.63, 3.8) is 0 Å². The molecule has 1 heteroatoms. The first kappa shape index (κ1) is 21.4. The molecule has 0 amide bonds. The van der Waals surface area contributed by atoms with Crippen LogP contribution in [-0.4, -0.2) is 18.0 Å². The first-order chi connectivity index (χ1) is 14.5. The van der Waals surface area contributed by atoms with Crippen molar-refractivity contribution >= 4 is 0 Å². The highest BCUT2D eigenvalue weighted by Crippen LogP contribution is 2.65. The van der Waals surface area contributed by atoms with Crippen LogP contribution in [0.3, 0.4) is 0 Å². The molecule has 172 valence electrons. The maximum atomic E-state index is 2.80. The molecule has 0 aromatic carbocycles. The van der Waals surface area contributed by atoms with E-state index < -0.39 is 0 Å². The second-order valence-electron chi connectivity index (χ2n) is 12.8. The molecule has 3 unspecified atom stereocenters. The van der Waals surface area contributed by atoms with Crippen molar-refractivity contribution in [2.24, 2.45) is 46.3 Å². The summed E-state index contributed by atoms with van der Waals surface area (Å²) in [6.07, 6.45) is 21.9. The third kappa shape index (κ3) is 3.49. The van der Waals surface area contributed by atoms with Crippen LogP contribution in [0.4, 0.5) is 0 Å². The van der Waals surface area contributed by atoms with Gasteiger partial charge in [-0.15, -0.1) is 0 Å². The van der Waals surface area contributed by atoms with E-state index in [9.17, 15) is 0 Å². The van der Waals surface area contributed by atoms with Crippen LogP contribution >= 0.6 is 0 Å². The van der Waals surface area contributed by atoms with Gasteiger partial charge in [0.2, 0.25) is 0 Å². The monoisotopic (exact) mass is 413 g/mol. The normalized spacial score (nSPS) is 50.1. The molecular formula is C29H51N. The summed E-state index contributed by atoms with van der Waals surface area (Å²) in [6.45, 7) is 12.7. The molecule has 0 aromatic rings. The SMILES string of the molecule is C/C=C1\CCCCN1C[C@H]1CCC2C3CCC4C[C@](C)(CC)CC[C@@H]4[C@H]3CC[C@@]21C.[HH]. The number of rotatable bonds is 3. The molecule has 5 aliphatic rings. The van der Waals surface area contributed by atoms with Crippen LogP contribution in [0.1, 0.15) is 113 Å². The van der Waals surface area contributed by atoms with E-state index in [1.165, 1.54) is 58.0 Å². The third-order valence-corrected chi connectivity index (χ3v) is 11.7. The van der Waals surface area contributed by atoms with Gasteiger partial charge >= 0.3 is 0 Å². The van der Waals surface area contributed by atoms with Gasteiger partial charge < -0.3 is 4.90 Å². The highest BCUT2D eigenvalue weighted by Gasteiger charge is 2.57. The summed E-state index contributed by atoms with van der Waals surface area (Å²) >= 11 is 0. The van der Waals surface area contributed by atoms with E-state index in [2.05, 4.69) is 38.7 Å². The summed E-state index contributed by atoms with van der Waals surface area (Å²) in [5, 5.41) is 0. The summed E-state index contributed by atoms with van der Waals surface area (Å²) in [6, 6.07) is 0. The van der Waals surface area contributed by atoms with E-state index >= 15 is 0 Å². The molecule has 4 saturated carbocycles. The topological polar surface area (TPSA) is 3.24 Å². The molecule has 0 N–H and O–H groups in total. The first-order valence-corrected chi connectivity index (χ1v) is 13.9. The van der Waals surface area contributed by atoms with Crippen molar-refractivity contribution in [2.75, 3.05) is 13.1 Å². The van der Waals surface area contributed by atoms with Gasteiger partial charge in [0.05, 0.1) is 0 Å². The summed E-state index contributed by atoms with van der Waals surface area (Å²) in [7, 11) is 0. The van der Waals surface area contributed by atoms with E-state index in [0.717, 1.165) is 35.5 Å². The van der Waals surface area contributed by atoms with Crippen LogP contribution in [0.2, 0.25) is 0 Å². The largest absolute Gasteiger partial charge is 0.375 e. The van der Waals surface area contributed by atoms with Crippen molar-refractivity contribution in [3.05, 3.63) is 11.8 Å². The Balaban J connectivity index is 0.00000231. The Morgan fingerprint density at radius 2 is 1.80 bits per heavy atom. The van der Waals surface area contributed by atoms with Gasteiger partial charge in [0.25, 0.3) is 0 Å². The lowest BCUT2D eigenvalue weighted by Crippen LogP contribution is -2.50. The molecule has 0 aromatic heterocycles. The van der Waals surface area contributed by atoms with Gasteiger partial charge in [0.15, 0.2) is 0 Å². The number of hydrogen-bond donors (Lipinski definition) is 0. The number of likely N-dealkylation sites (tertiary alicyclic amines) is 1. The van der Waals surface area contributed by atoms with Crippen molar-refractivity contribution in [1.82, 2.24) is 4.90 Å². The summed E-state index contributed by atoms with van der Waals surface area (Å²) in [4.78, 5) is 2.80. The Labute approximate surface area is 188 Å². The highest BCUT2D eigenvalue weighted by atomic mass is 15.1. The lowest BCUT2D eigenvalue weighted by atomic mass is 9.48. The molecule has 8 atom stereocenters. The summed E-state index contributed by atoms with van der Waals surface area (Å²) in [5.74, 6) is 6.30. The molecule has 5 rings (SSSR count). The zero-order valence-electron chi connectivity index (χ0n) is 20.6. The fourth-order valence-electron chi connectivity index (χ4n) is 9.63. The Morgan fingerprint density at radius 3 is 2.60 bits per heavy atom. The highest BCUT2D eigenvalue weighted by molar-refractivity contribution is 5.09. The van der Waals surface area contributed by atoms with Crippen LogP contribution in [0.25, 0.3) is 0 Å². The molecule has 0 spiro atoms. The first-order valence-electron chi connectivity index (χ1n) is 13.9. The number of fused-ring (bicyclic) bond motifs is 5. The average Bonchev–Trinajstić information content (AvgIpc) is 3.10. The predicted molar refractivity (Wildman–Crippen MR) is 130 cm³/mol. The van der Waals surface area contributed by atoms with Crippen molar-refractivity contribution < 1.29 is 1.43 Å². The van der Waals surface area contributed by atoms with Crippen molar-refractivity contribution in [3.8, 4) is 0 Å². The smallest absolute Gasteiger partial charge is 0.0208 e. The quantitative estimate of drug-likeness (QED) is 0.449. The fraction of sp³-hybridized carbons (Fsp3) is 0.931. The van der Waals surface area contributed by atoms with Crippen LogP contribution < -0.4 is 0 Å². The molecule has 5 fully saturated rings. The molecule has 1 aliphatic heterocycles. The number of piperidine rings is 1. The van der Waals surface area contributed by atoms with E-state index in [0.29, 0.717) is 10.8 Å². The molecule has 1 nitrogen and oxygen atoms in total. The Hall–Kier alpha value is -0.460. The summed E-state index contributed by atoms with van der Waals surface area (Å²) < 4.78 is 0. The fourth-order valence-corrected chi connectivity index (χ4v) is 9.63. The molecule has 30 heavy (non-hydrogen) atoms. The van der Waals surface area contributed by atoms with Crippen LogP contribution in [0, 0.1) is 46.3 Å².